The van der Waals surface area contributed by atoms with Gasteiger partial charge in [-0.1, -0.05) is 12.1 Å². The number of guanidine groups is 1. The number of ether oxygens (including phenoxy) is 1. The molecule has 1 atom stereocenters. The Bertz CT molecular complexity index is 778. The first-order chi connectivity index (χ1) is 13.7. The molecule has 8 heteroatoms. The second-order valence-corrected chi connectivity index (χ2v) is 6.87. The summed E-state index contributed by atoms with van der Waals surface area (Å²) in [7, 11) is 1.75. The summed E-state index contributed by atoms with van der Waals surface area (Å²) in [5.74, 6) is 2.37. The van der Waals surface area contributed by atoms with Crippen LogP contribution in [0.2, 0.25) is 0 Å². The van der Waals surface area contributed by atoms with Crippen molar-refractivity contribution in [3.8, 4) is 0 Å². The third-order valence-electron chi connectivity index (χ3n) is 4.86. The lowest BCUT2D eigenvalue weighted by atomic mass is 10.1. The third kappa shape index (κ3) is 7.27. The average molecular weight is 516 g/mol. The first-order valence-electron chi connectivity index (χ1n) is 9.73. The fourth-order valence-electron chi connectivity index (χ4n) is 3.36. The van der Waals surface area contributed by atoms with E-state index in [9.17, 15) is 4.39 Å². The summed E-state index contributed by atoms with van der Waals surface area (Å²) in [6.07, 6.45) is 0.725. The maximum atomic E-state index is 13.3. The van der Waals surface area contributed by atoms with E-state index < -0.39 is 0 Å². The molecule has 1 saturated heterocycles. The fraction of sp³-hybridized carbons (Fsp3) is 0.476. The molecule has 0 aliphatic carbocycles. The number of hydrogen-bond acceptors (Lipinski definition) is 4. The van der Waals surface area contributed by atoms with Crippen molar-refractivity contribution in [3.05, 3.63) is 59.3 Å². The van der Waals surface area contributed by atoms with Gasteiger partial charge >= 0.3 is 0 Å². The number of morpholine rings is 1. The normalized spacial score (nSPS) is 16.2. The summed E-state index contributed by atoms with van der Waals surface area (Å²) in [5.41, 5.74) is 0.959. The minimum absolute atomic E-state index is 0. The monoisotopic (exact) mass is 516 g/mol. The van der Waals surface area contributed by atoms with E-state index in [4.69, 9.17) is 9.15 Å². The number of halogens is 2. The summed E-state index contributed by atoms with van der Waals surface area (Å²) >= 11 is 0. The van der Waals surface area contributed by atoms with Crippen molar-refractivity contribution in [3.63, 3.8) is 0 Å². The maximum Gasteiger partial charge on any atom is 0.191 e. The highest BCUT2D eigenvalue weighted by Gasteiger charge is 2.25. The number of rotatable bonds is 7. The van der Waals surface area contributed by atoms with E-state index in [1.165, 1.54) is 6.07 Å². The van der Waals surface area contributed by atoms with E-state index in [1.54, 1.807) is 19.2 Å². The van der Waals surface area contributed by atoms with Crippen LogP contribution < -0.4 is 10.6 Å². The highest BCUT2D eigenvalue weighted by molar-refractivity contribution is 14.0. The highest BCUT2D eigenvalue weighted by Crippen LogP contribution is 2.23. The van der Waals surface area contributed by atoms with Crippen molar-refractivity contribution >= 4 is 29.9 Å². The molecular formula is C21H30FIN4O2. The van der Waals surface area contributed by atoms with Gasteiger partial charge in [0.2, 0.25) is 0 Å². The number of aliphatic imine (C=N–C) groups is 1. The topological polar surface area (TPSA) is 62.0 Å². The zero-order chi connectivity index (χ0) is 19.8. The Hall–Kier alpha value is -1.65. The van der Waals surface area contributed by atoms with Crippen molar-refractivity contribution in [2.45, 2.75) is 19.4 Å². The van der Waals surface area contributed by atoms with Crippen molar-refractivity contribution in [2.75, 3.05) is 46.4 Å². The molecule has 2 heterocycles. The van der Waals surface area contributed by atoms with E-state index in [1.807, 2.05) is 25.1 Å². The summed E-state index contributed by atoms with van der Waals surface area (Å²) in [6, 6.07) is 10.8. The number of nitrogens with one attached hydrogen (secondary N) is 2. The van der Waals surface area contributed by atoms with Crippen molar-refractivity contribution in [1.82, 2.24) is 15.5 Å². The van der Waals surface area contributed by atoms with Crippen LogP contribution in [0.25, 0.3) is 0 Å². The Balaban J connectivity index is 0.00000300. The lowest BCUT2D eigenvalue weighted by molar-refractivity contribution is 0.0124. The number of nitrogens with zero attached hydrogens (tertiary/aromatic N) is 2. The predicted molar refractivity (Wildman–Crippen MR) is 123 cm³/mol. The standard InChI is InChI=1S/C21H29FN4O2.HI/c1-16-6-7-20(28-16)19(26-10-12-27-13-11-26)15-25-21(23-2)24-9-8-17-4-3-5-18(22)14-17;/h3-7,14,19H,8-13,15H2,1-2H3,(H2,23,24,25);1H. The fourth-order valence-corrected chi connectivity index (χ4v) is 3.36. The molecule has 0 amide bonds. The van der Waals surface area contributed by atoms with Gasteiger partial charge in [0, 0.05) is 33.2 Å². The van der Waals surface area contributed by atoms with Gasteiger partial charge in [0.05, 0.1) is 19.3 Å². The molecule has 2 aromatic rings. The van der Waals surface area contributed by atoms with Crippen molar-refractivity contribution in [1.29, 1.82) is 0 Å². The predicted octanol–water partition coefficient (Wildman–Crippen LogP) is 3.13. The van der Waals surface area contributed by atoms with Crippen LogP contribution in [0, 0.1) is 12.7 Å². The summed E-state index contributed by atoms with van der Waals surface area (Å²) in [4.78, 5) is 6.67. The minimum atomic E-state index is -0.206. The van der Waals surface area contributed by atoms with Crippen LogP contribution in [-0.4, -0.2) is 57.3 Å². The molecule has 0 saturated carbocycles. The maximum absolute atomic E-state index is 13.3. The summed E-state index contributed by atoms with van der Waals surface area (Å²) in [6.45, 7) is 6.51. The second kappa shape index (κ2) is 12.1. The van der Waals surface area contributed by atoms with Gasteiger partial charge in [0.25, 0.3) is 0 Å². The van der Waals surface area contributed by atoms with Crippen molar-refractivity contribution < 1.29 is 13.5 Å². The molecule has 1 unspecified atom stereocenters. The largest absolute Gasteiger partial charge is 0.465 e. The van der Waals surface area contributed by atoms with E-state index in [-0.39, 0.29) is 35.8 Å². The Morgan fingerprint density at radius 2 is 2.00 bits per heavy atom. The Morgan fingerprint density at radius 1 is 1.21 bits per heavy atom. The lowest BCUT2D eigenvalue weighted by Gasteiger charge is -2.33. The first kappa shape index (κ1) is 23.6. The number of furan rings is 1. The number of benzene rings is 1. The van der Waals surface area contributed by atoms with Gasteiger partial charge in [-0.15, -0.1) is 24.0 Å². The molecule has 3 rings (SSSR count). The SMILES string of the molecule is CN=C(NCCc1cccc(F)c1)NCC(c1ccc(C)o1)N1CCOCC1.I. The average Bonchev–Trinajstić information content (AvgIpc) is 3.13. The van der Waals surface area contributed by atoms with Crippen LogP contribution in [-0.2, 0) is 11.2 Å². The molecule has 1 aliphatic heterocycles. The quantitative estimate of drug-likeness (QED) is 0.337. The van der Waals surface area contributed by atoms with Gasteiger partial charge in [0.1, 0.15) is 17.3 Å². The smallest absolute Gasteiger partial charge is 0.191 e. The molecular weight excluding hydrogens is 486 g/mol. The zero-order valence-electron chi connectivity index (χ0n) is 17.0. The summed E-state index contributed by atoms with van der Waals surface area (Å²) < 4.78 is 24.7. The molecule has 29 heavy (non-hydrogen) atoms. The van der Waals surface area contributed by atoms with E-state index in [0.717, 1.165) is 55.8 Å². The molecule has 0 bridgehead atoms. The van der Waals surface area contributed by atoms with Gasteiger partial charge in [-0.2, -0.15) is 0 Å². The van der Waals surface area contributed by atoms with E-state index >= 15 is 0 Å². The molecule has 1 aliphatic rings. The zero-order valence-corrected chi connectivity index (χ0v) is 19.3. The highest BCUT2D eigenvalue weighted by atomic mass is 127. The van der Waals surface area contributed by atoms with Crippen LogP contribution in [0.5, 0.6) is 0 Å². The Labute approximate surface area is 188 Å². The Morgan fingerprint density at radius 3 is 2.66 bits per heavy atom. The van der Waals surface area contributed by atoms with Gasteiger partial charge < -0.3 is 19.8 Å². The first-order valence-corrected chi connectivity index (χ1v) is 9.73. The number of aryl methyl sites for hydroxylation is 1. The molecule has 0 spiro atoms. The van der Waals surface area contributed by atoms with Gasteiger partial charge in [0.15, 0.2) is 5.96 Å². The molecule has 6 nitrogen and oxygen atoms in total. The molecule has 1 aromatic carbocycles. The van der Waals surface area contributed by atoms with Gasteiger partial charge in [-0.05, 0) is 43.2 Å². The molecule has 0 radical (unpaired) electrons. The van der Waals surface area contributed by atoms with Crippen LogP contribution in [0.3, 0.4) is 0 Å². The van der Waals surface area contributed by atoms with Gasteiger partial charge in [-0.25, -0.2) is 4.39 Å². The molecule has 2 N–H and O–H groups in total. The van der Waals surface area contributed by atoms with Gasteiger partial charge in [-0.3, -0.25) is 9.89 Å². The van der Waals surface area contributed by atoms with Crippen LogP contribution >= 0.6 is 24.0 Å². The molecule has 1 aromatic heterocycles. The van der Waals surface area contributed by atoms with Crippen LogP contribution in [0.1, 0.15) is 23.1 Å². The van der Waals surface area contributed by atoms with E-state index in [0.29, 0.717) is 13.1 Å². The minimum Gasteiger partial charge on any atom is -0.465 e. The summed E-state index contributed by atoms with van der Waals surface area (Å²) in [5, 5.41) is 6.69. The second-order valence-electron chi connectivity index (χ2n) is 6.87. The van der Waals surface area contributed by atoms with Crippen LogP contribution in [0.15, 0.2) is 45.8 Å². The van der Waals surface area contributed by atoms with Crippen LogP contribution in [0.4, 0.5) is 4.39 Å². The van der Waals surface area contributed by atoms with Crippen molar-refractivity contribution in [2.24, 2.45) is 4.99 Å². The lowest BCUT2D eigenvalue weighted by Crippen LogP contribution is -2.46. The molecule has 1 fully saturated rings. The van der Waals surface area contributed by atoms with E-state index in [2.05, 4.69) is 20.5 Å². The molecule has 160 valence electrons. The Kier molecular flexibility index (Phi) is 9.89. The third-order valence-corrected chi connectivity index (χ3v) is 4.86. The number of hydrogen-bond donors (Lipinski definition) is 2.